The first-order valence-electron chi connectivity index (χ1n) is 4.26. The van der Waals surface area contributed by atoms with Gasteiger partial charge in [-0.15, -0.1) is 5.10 Å². The van der Waals surface area contributed by atoms with Crippen LogP contribution in [0.5, 0.6) is 0 Å². The van der Waals surface area contributed by atoms with Crippen LogP contribution in [0.1, 0.15) is 0 Å². The molecule has 0 radical (unpaired) electrons. The van der Waals surface area contributed by atoms with Crippen LogP contribution in [0, 0.1) is 0 Å². The lowest BCUT2D eigenvalue weighted by Crippen LogP contribution is -2.26. The van der Waals surface area contributed by atoms with Crippen LogP contribution in [-0.4, -0.2) is 32.8 Å². The van der Waals surface area contributed by atoms with E-state index in [0.717, 1.165) is 24.1 Å². The SMILES string of the molecule is O=c1n(CC2CO2)nc2n1CCS2. The maximum absolute atomic E-state index is 11.6. The molecule has 1 unspecified atom stereocenters. The lowest BCUT2D eigenvalue weighted by Gasteiger charge is -1.93. The van der Waals surface area contributed by atoms with Crippen molar-refractivity contribution in [3.63, 3.8) is 0 Å². The molecule has 1 aromatic rings. The van der Waals surface area contributed by atoms with Crippen molar-refractivity contribution in [3.05, 3.63) is 10.5 Å². The number of fused-ring (bicyclic) bond motifs is 1. The molecule has 13 heavy (non-hydrogen) atoms. The number of hydrogen-bond acceptors (Lipinski definition) is 4. The number of aromatic nitrogens is 3. The van der Waals surface area contributed by atoms with Gasteiger partial charge in [-0.3, -0.25) is 4.57 Å². The summed E-state index contributed by atoms with van der Waals surface area (Å²) in [4.78, 5) is 11.6. The van der Waals surface area contributed by atoms with Crippen molar-refractivity contribution in [2.75, 3.05) is 12.4 Å². The number of rotatable bonds is 2. The Morgan fingerprint density at radius 2 is 2.54 bits per heavy atom. The molecule has 0 amide bonds. The zero-order chi connectivity index (χ0) is 8.84. The molecule has 0 saturated carbocycles. The third-order valence-corrected chi connectivity index (χ3v) is 3.16. The summed E-state index contributed by atoms with van der Waals surface area (Å²) in [5.74, 6) is 0.971. The van der Waals surface area contributed by atoms with Crippen LogP contribution in [0.25, 0.3) is 0 Å². The maximum Gasteiger partial charge on any atom is 0.346 e. The predicted octanol–water partition coefficient (Wildman–Crippen LogP) is -0.451. The van der Waals surface area contributed by atoms with E-state index in [4.69, 9.17) is 4.74 Å². The molecule has 1 saturated heterocycles. The maximum atomic E-state index is 11.6. The standard InChI is InChI=1S/C7H9N3O2S/c11-7-9-1-2-13-6(9)8-10(7)3-5-4-12-5/h5H,1-4H2. The van der Waals surface area contributed by atoms with Gasteiger partial charge in [0.15, 0.2) is 5.16 Å². The van der Waals surface area contributed by atoms with Gasteiger partial charge in [0.1, 0.15) is 6.10 Å². The fraction of sp³-hybridized carbons (Fsp3) is 0.714. The van der Waals surface area contributed by atoms with E-state index < -0.39 is 0 Å². The molecule has 2 aliphatic rings. The Hall–Kier alpha value is -0.750. The second kappa shape index (κ2) is 2.62. The van der Waals surface area contributed by atoms with Gasteiger partial charge in [0.25, 0.3) is 0 Å². The number of ether oxygens (including phenoxy) is 1. The van der Waals surface area contributed by atoms with Crippen LogP contribution in [0.4, 0.5) is 0 Å². The summed E-state index contributed by atoms with van der Waals surface area (Å²) in [7, 11) is 0. The Morgan fingerprint density at radius 3 is 3.23 bits per heavy atom. The molecule has 70 valence electrons. The highest BCUT2D eigenvalue weighted by Gasteiger charge is 2.26. The van der Waals surface area contributed by atoms with Gasteiger partial charge in [-0.25, -0.2) is 9.48 Å². The lowest BCUT2D eigenvalue weighted by atomic mass is 10.5. The van der Waals surface area contributed by atoms with E-state index in [0.29, 0.717) is 6.54 Å². The lowest BCUT2D eigenvalue weighted by molar-refractivity contribution is 0.368. The van der Waals surface area contributed by atoms with Gasteiger partial charge in [0, 0.05) is 12.3 Å². The first-order chi connectivity index (χ1) is 6.34. The molecule has 0 aromatic carbocycles. The summed E-state index contributed by atoms with van der Waals surface area (Å²) in [6.07, 6.45) is 0.221. The van der Waals surface area contributed by atoms with Crippen molar-refractivity contribution in [2.24, 2.45) is 0 Å². The molecule has 1 aromatic heterocycles. The Bertz CT molecular complexity index is 393. The molecule has 5 nitrogen and oxygen atoms in total. The molecule has 1 fully saturated rings. The number of thioether (sulfide) groups is 1. The molecular formula is C7H9N3O2S. The fourth-order valence-corrected chi connectivity index (χ4v) is 2.37. The summed E-state index contributed by atoms with van der Waals surface area (Å²) in [6.45, 7) is 2.17. The average molecular weight is 199 g/mol. The Morgan fingerprint density at radius 1 is 1.69 bits per heavy atom. The fourth-order valence-electron chi connectivity index (χ4n) is 1.43. The van der Waals surface area contributed by atoms with Crippen LogP contribution in [0.3, 0.4) is 0 Å². The number of epoxide rings is 1. The van der Waals surface area contributed by atoms with Gasteiger partial charge in [0.05, 0.1) is 13.2 Å². The van der Waals surface area contributed by atoms with Crippen molar-refractivity contribution >= 4 is 11.8 Å². The highest BCUT2D eigenvalue weighted by atomic mass is 32.2. The van der Waals surface area contributed by atoms with Crippen molar-refractivity contribution in [1.29, 1.82) is 0 Å². The molecule has 2 aliphatic heterocycles. The monoisotopic (exact) mass is 199 g/mol. The number of hydrogen-bond donors (Lipinski definition) is 0. The minimum atomic E-state index is 0.00972. The van der Waals surface area contributed by atoms with Crippen LogP contribution in [0.15, 0.2) is 9.95 Å². The highest BCUT2D eigenvalue weighted by molar-refractivity contribution is 7.99. The minimum Gasteiger partial charge on any atom is -0.371 e. The number of nitrogens with zero attached hydrogens (tertiary/aromatic N) is 3. The van der Waals surface area contributed by atoms with Gasteiger partial charge in [0.2, 0.25) is 0 Å². The summed E-state index contributed by atoms with van der Waals surface area (Å²) in [6, 6.07) is 0. The van der Waals surface area contributed by atoms with E-state index in [1.165, 1.54) is 4.68 Å². The van der Waals surface area contributed by atoms with E-state index in [9.17, 15) is 4.79 Å². The summed E-state index contributed by atoms with van der Waals surface area (Å²) in [5, 5.41) is 5.07. The molecule has 6 heteroatoms. The van der Waals surface area contributed by atoms with Crippen molar-refractivity contribution in [3.8, 4) is 0 Å². The smallest absolute Gasteiger partial charge is 0.346 e. The Balaban J connectivity index is 1.97. The van der Waals surface area contributed by atoms with E-state index in [1.807, 2.05) is 0 Å². The van der Waals surface area contributed by atoms with E-state index >= 15 is 0 Å². The summed E-state index contributed by atoms with van der Waals surface area (Å²) < 4.78 is 8.29. The van der Waals surface area contributed by atoms with E-state index in [1.54, 1.807) is 16.3 Å². The zero-order valence-electron chi connectivity index (χ0n) is 6.97. The quantitative estimate of drug-likeness (QED) is 0.605. The average Bonchev–Trinajstić information content (AvgIpc) is 2.72. The first-order valence-corrected chi connectivity index (χ1v) is 5.25. The third kappa shape index (κ3) is 1.21. The van der Waals surface area contributed by atoms with Gasteiger partial charge in [-0.2, -0.15) is 0 Å². The molecule has 3 rings (SSSR count). The van der Waals surface area contributed by atoms with Gasteiger partial charge in [-0.1, -0.05) is 11.8 Å². The van der Waals surface area contributed by atoms with Gasteiger partial charge < -0.3 is 4.74 Å². The van der Waals surface area contributed by atoms with Crippen LogP contribution in [0.2, 0.25) is 0 Å². The minimum absolute atomic E-state index is 0.00972. The van der Waals surface area contributed by atoms with Crippen molar-refractivity contribution in [1.82, 2.24) is 14.3 Å². The Labute approximate surface area is 78.7 Å². The van der Waals surface area contributed by atoms with Crippen molar-refractivity contribution < 1.29 is 4.74 Å². The topological polar surface area (TPSA) is 52.4 Å². The molecule has 0 bridgehead atoms. The molecule has 0 spiro atoms. The summed E-state index contributed by atoms with van der Waals surface area (Å²) >= 11 is 1.64. The van der Waals surface area contributed by atoms with E-state index in [2.05, 4.69) is 5.10 Å². The van der Waals surface area contributed by atoms with Gasteiger partial charge >= 0.3 is 5.69 Å². The normalized spacial score (nSPS) is 24.8. The predicted molar refractivity (Wildman–Crippen MR) is 47.0 cm³/mol. The third-order valence-electron chi connectivity index (χ3n) is 2.21. The van der Waals surface area contributed by atoms with Crippen LogP contribution < -0.4 is 5.69 Å². The molecular weight excluding hydrogens is 190 g/mol. The molecule has 0 N–H and O–H groups in total. The van der Waals surface area contributed by atoms with E-state index in [-0.39, 0.29) is 11.8 Å². The molecule has 3 heterocycles. The van der Waals surface area contributed by atoms with Crippen molar-refractivity contribution in [2.45, 2.75) is 24.3 Å². The summed E-state index contributed by atoms with van der Waals surface area (Å²) in [5.41, 5.74) is 0.00972. The zero-order valence-corrected chi connectivity index (χ0v) is 7.79. The first kappa shape index (κ1) is 7.64. The largest absolute Gasteiger partial charge is 0.371 e. The van der Waals surface area contributed by atoms with Crippen LogP contribution >= 0.6 is 11.8 Å². The molecule has 0 aliphatic carbocycles. The van der Waals surface area contributed by atoms with Gasteiger partial charge in [-0.05, 0) is 0 Å². The second-order valence-electron chi connectivity index (χ2n) is 3.20. The highest BCUT2D eigenvalue weighted by Crippen LogP contribution is 2.21. The van der Waals surface area contributed by atoms with Crippen LogP contribution in [-0.2, 0) is 17.8 Å². The molecule has 1 atom stereocenters. The second-order valence-corrected chi connectivity index (χ2v) is 4.26. The Kier molecular flexibility index (Phi) is 1.54.